The Kier molecular flexibility index (Phi) is 3.11. The lowest BCUT2D eigenvalue weighted by Gasteiger charge is -1.91. The van der Waals surface area contributed by atoms with Crippen LogP contribution >= 0.6 is 22.4 Å². The first-order valence-electron chi connectivity index (χ1n) is 3.12. The fraction of sp³-hybridized carbons (Fsp3) is 0.667. The summed E-state index contributed by atoms with van der Waals surface area (Å²) in [4.78, 5) is 0. The molecule has 0 radical (unpaired) electrons. The van der Waals surface area contributed by atoms with Crippen molar-refractivity contribution in [3.8, 4) is 11.2 Å². The molecule has 0 aromatic heterocycles. The van der Waals surface area contributed by atoms with E-state index in [-0.39, 0.29) is 5.92 Å². The zero-order valence-corrected chi connectivity index (χ0v) is 8.10. The van der Waals surface area contributed by atoms with Crippen LogP contribution in [0.25, 0.3) is 0 Å². The smallest absolute Gasteiger partial charge is 0.198 e. The zero-order valence-electron chi connectivity index (χ0n) is 5.71. The van der Waals surface area contributed by atoms with Crippen LogP contribution < -0.4 is 0 Å². The minimum atomic E-state index is -3.61. The average Bonchev–Trinajstić information content (AvgIpc) is 2.32. The van der Waals surface area contributed by atoms with E-state index >= 15 is 0 Å². The molecule has 0 bridgehead atoms. The molecule has 1 saturated heterocycles. The lowest BCUT2D eigenvalue weighted by atomic mass is 10.1. The minimum absolute atomic E-state index is 0.216. The van der Waals surface area contributed by atoms with Gasteiger partial charge in [0.15, 0.2) is 0 Å². The van der Waals surface area contributed by atoms with E-state index in [1.165, 1.54) is 0 Å². The highest BCUT2D eigenvalue weighted by Gasteiger charge is 2.12. The summed E-state index contributed by atoms with van der Waals surface area (Å²) in [6.07, 6.45) is 0.976. The first kappa shape index (κ1) is 9.24. The molecule has 0 aliphatic carbocycles. The number of halogens is 1. The van der Waals surface area contributed by atoms with Gasteiger partial charge in [-0.25, -0.2) is 0 Å². The van der Waals surface area contributed by atoms with Gasteiger partial charge in [-0.15, -0.1) is 0 Å². The van der Waals surface area contributed by atoms with E-state index in [0.717, 1.165) is 17.9 Å². The molecule has 0 aromatic carbocycles. The van der Waals surface area contributed by atoms with Crippen molar-refractivity contribution in [2.45, 2.75) is 6.42 Å². The Hall–Kier alpha value is 0.150. The van der Waals surface area contributed by atoms with Crippen molar-refractivity contribution in [3.05, 3.63) is 0 Å². The fourth-order valence-corrected chi connectivity index (χ4v) is 2.40. The van der Waals surface area contributed by atoms with E-state index in [4.69, 9.17) is 10.7 Å². The van der Waals surface area contributed by atoms with Crippen molar-refractivity contribution in [1.29, 1.82) is 0 Å². The first-order chi connectivity index (χ1) is 5.08. The third kappa shape index (κ3) is 3.90. The summed E-state index contributed by atoms with van der Waals surface area (Å²) in [6.45, 7) is 0. The van der Waals surface area contributed by atoms with Crippen LogP contribution in [-0.2, 0) is 9.05 Å². The molecule has 1 aliphatic heterocycles. The van der Waals surface area contributed by atoms with Crippen molar-refractivity contribution < 1.29 is 8.42 Å². The summed E-state index contributed by atoms with van der Waals surface area (Å²) >= 11 is 1.79. The summed E-state index contributed by atoms with van der Waals surface area (Å²) in [6, 6.07) is 0. The molecule has 62 valence electrons. The summed E-state index contributed by atoms with van der Waals surface area (Å²) in [7, 11) is 1.29. The number of hydrogen-bond donors (Lipinski definition) is 0. The summed E-state index contributed by atoms with van der Waals surface area (Å²) in [5.74, 6) is 4.85. The standard InChI is InChI=1S/C6H7ClO2S2/c7-11(8,9)4-2-6-1-3-10-5-6/h6H,1,3,5H2. The molecule has 1 heterocycles. The molecule has 1 atom stereocenters. The first-order valence-corrected chi connectivity index (χ1v) is 6.59. The van der Waals surface area contributed by atoms with Crippen molar-refractivity contribution in [1.82, 2.24) is 0 Å². The SMILES string of the molecule is O=S(=O)(Cl)C#CC1CCSC1. The number of thioether (sulfide) groups is 1. The van der Waals surface area contributed by atoms with Crippen LogP contribution in [0.1, 0.15) is 6.42 Å². The Morgan fingerprint density at radius 2 is 2.27 bits per heavy atom. The Morgan fingerprint density at radius 3 is 2.73 bits per heavy atom. The largest absolute Gasteiger partial charge is 0.300 e. The summed E-state index contributed by atoms with van der Waals surface area (Å²) in [5, 5.41) is 2.04. The second-order valence-corrected chi connectivity index (χ2v) is 5.69. The molecule has 5 heteroatoms. The van der Waals surface area contributed by atoms with Gasteiger partial charge in [-0.3, -0.25) is 0 Å². The van der Waals surface area contributed by atoms with Gasteiger partial charge in [-0.1, -0.05) is 5.92 Å². The highest BCUT2D eigenvalue weighted by Crippen LogP contribution is 2.22. The lowest BCUT2D eigenvalue weighted by Crippen LogP contribution is -1.93. The molecule has 0 spiro atoms. The highest BCUT2D eigenvalue weighted by molar-refractivity contribution is 8.17. The van der Waals surface area contributed by atoms with E-state index < -0.39 is 9.05 Å². The summed E-state index contributed by atoms with van der Waals surface area (Å²) in [5.41, 5.74) is 0. The topological polar surface area (TPSA) is 34.1 Å². The van der Waals surface area contributed by atoms with Crippen LogP contribution in [0.2, 0.25) is 0 Å². The van der Waals surface area contributed by atoms with Gasteiger partial charge >= 0.3 is 9.05 Å². The third-order valence-electron chi connectivity index (χ3n) is 1.31. The van der Waals surface area contributed by atoms with Gasteiger partial charge in [0.05, 0.1) is 0 Å². The fourth-order valence-electron chi connectivity index (χ4n) is 0.802. The highest BCUT2D eigenvalue weighted by atomic mass is 35.7. The second kappa shape index (κ2) is 3.70. The second-order valence-electron chi connectivity index (χ2n) is 2.24. The van der Waals surface area contributed by atoms with Gasteiger partial charge in [-0.05, 0) is 12.2 Å². The molecule has 0 amide bonds. The van der Waals surface area contributed by atoms with Crippen molar-refractivity contribution >= 4 is 31.5 Å². The lowest BCUT2D eigenvalue weighted by molar-refractivity contribution is 0.618. The average molecular weight is 211 g/mol. The van der Waals surface area contributed by atoms with E-state index in [0.29, 0.717) is 0 Å². The molecule has 1 unspecified atom stereocenters. The Bertz CT molecular complexity index is 279. The molecular weight excluding hydrogens is 204 g/mol. The Labute approximate surface area is 75.1 Å². The quantitative estimate of drug-likeness (QED) is 0.446. The Balaban J connectivity index is 2.56. The minimum Gasteiger partial charge on any atom is -0.198 e. The van der Waals surface area contributed by atoms with Gasteiger partial charge in [0.2, 0.25) is 0 Å². The maximum Gasteiger partial charge on any atom is 0.300 e. The Morgan fingerprint density at radius 1 is 1.55 bits per heavy atom. The molecule has 0 N–H and O–H groups in total. The molecular formula is C6H7ClO2S2. The molecule has 1 aliphatic rings. The predicted octanol–water partition coefficient (Wildman–Crippen LogP) is 1.27. The number of rotatable bonds is 0. The molecule has 1 fully saturated rings. The van der Waals surface area contributed by atoms with E-state index in [9.17, 15) is 8.42 Å². The molecule has 11 heavy (non-hydrogen) atoms. The van der Waals surface area contributed by atoms with Crippen LogP contribution in [0.15, 0.2) is 0 Å². The molecule has 0 saturated carbocycles. The molecule has 2 nitrogen and oxygen atoms in total. The van der Waals surface area contributed by atoms with Gasteiger partial charge < -0.3 is 0 Å². The van der Waals surface area contributed by atoms with Crippen LogP contribution in [0.5, 0.6) is 0 Å². The van der Waals surface area contributed by atoms with E-state index in [1.54, 1.807) is 11.8 Å². The zero-order chi connectivity index (χ0) is 8.32. The maximum absolute atomic E-state index is 10.4. The van der Waals surface area contributed by atoms with Gasteiger partial charge in [0.1, 0.15) is 0 Å². The molecule has 1 rings (SSSR count). The van der Waals surface area contributed by atoms with E-state index in [1.807, 2.05) is 5.25 Å². The van der Waals surface area contributed by atoms with Crippen LogP contribution in [0.3, 0.4) is 0 Å². The van der Waals surface area contributed by atoms with E-state index in [2.05, 4.69) is 5.92 Å². The normalized spacial score (nSPS) is 24.3. The van der Waals surface area contributed by atoms with Gasteiger partial charge in [0, 0.05) is 27.6 Å². The van der Waals surface area contributed by atoms with Crippen molar-refractivity contribution in [2.24, 2.45) is 5.92 Å². The van der Waals surface area contributed by atoms with Crippen molar-refractivity contribution in [3.63, 3.8) is 0 Å². The maximum atomic E-state index is 10.4. The third-order valence-corrected chi connectivity index (χ3v) is 3.07. The summed E-state index contributed by atoms with van der Waals surface area (Å²) < 4.78 is 20.7. The van der Waals surface area contributed by atoms with Gasteiger partial charge in [-0.2, -0.15) is 20.2 Å². The van der Waals surface area contributed by atoms with Crippen LogP contribution in [0.4, 0.5) is 0 Å². The molecule has 0 aromatic rings. The predicted molar refractivity (Wildman–Crippen MR) is 48.0 cm³/mol. The van der Waals surface area contributed by atoms with Crippen molar-refractivity contribution in [2.75, 3.05) is 11.5 Å². The van der Waals surface area contributed by atoms with Crippen LogP contribution in [0, 0.1) is 17.1 Å². The number of hydrogen-bond acceptors (Lipinski definition) is 3. The van der Waals surface area contributed by atoms with Crippen LogP contribution in [-0.4, -0.2) is 19.9 Å². The monoisotopic (exact) mass is 210 g/mol. The van der Waals surface area contributed by atoms with Gasteiger partial charge in [0.25, 0.3) is 0 Å².